The molecule has 0 heterocycles. The molecule has 3 atom stereocenters. The Morgan fingerprint density at radius 1 is 0.536 bits per heavy atom. The first-order chi connectivity index (χ1) is 33.4. The van der Waals surface area contributed by atoms with Gasteiger partial charge in [0.2, 0.25) is 5.91 Å². The van der Waals surface area contributed by atoms with Gasteiger partial charge in [0.15, 0.2) is 0 Å². The Hall–Kier alpha value is -2.81. The van der Waals surface area contributed by atoms with Crippen LogP contribution in [0.2, 0.25) is 0 Å². The molecule has 2 N–H and O–H groups in total. The summed E-state index contributed by atoms with van der Waals surface area (Å²) in [5, 5.41) is 3.02. The van der Waals surface area contributed by atoms with E-state index in [4.69, 9.17) is 13.8 Å². The second-order valence-electron chi connectivity index (χ2n) is 19.8. The smallest absolute Gasteiger partial charge is 0.456 e. The number of carbonyl (C=O) groups is 2. The summed E-state index contributed by atoms with van der Waals surface area (Å²) < 4.78 is 30.5. The fraction of sp³-hybridized carbons (Fsp3) is 0.729. The minimum atomic E-state index is -4.45. The lowest BCUT2D eigenvalue weighted by Gasteiger charge is -2.27. The summed E-state index contributed by atoms with van der Waals surface area (Å²) in [6.07, 6.45) is 62.9. The molecule has 0 spiro atoms. The van der Waals surface area contributed by atoms with E-state index in [1.165, 1.54) is 83.5 Å². The number of hydrogen-bond acceptors (Lipinski definition) is 6. The Balaban J connectivity index is 5.36. The lowest BCUT2D eigenvalue weighted by Crippen LogP contribution is -2.47. The van der Waals surface area contributed by atoms with Crippen LogP contribution in [0.15, 0.2) is 85.1 Å². The summed E-state index contributed by atoms with van der Waals surface area (Å²) in [5.41, 5.74) is 0. The Labute approximate surface area is 425 Å². The highest BCUT2D eigenvalue weighted by Crippen LogP contribution is 2.43. The second kappa shape index (κ2) is 48.8. The number of phosphoric acid groups is 1. The molecule has 398 valence electrons. The van der Waals surface area contributed by atoms with Crippen LogP contribution < -0.4 is 5.32 Å². The van der Waals surface area contributed by atoms with Crippen LogP contribution in [0.4, 0.5) is 0 Å². The number of nitrogens with zero attached hydrogens (tertiary/aromatic N) is 1. The average molecular weight is 986 g/mol. The molecule has 0 aliphatic carbocycles. The lowest BCUT2D eigenvalue weighted by molar-refractivity contribution is -0.870. The summed E-state index contributed by atoms with van der Waals surface area (Å²) >= 11 is 0. The van der Waals surface area contributed by atoms with Crippen molar-refractivity contribution in [2.45, 2.75) is 238 Å². The van der Waals surface area contributed by atoms with Gasteiger partial charge >= 0.3 is 13.8 Å². The van der Waals surface area contributed by atoms with Gasteiger partial charge in [-0.05, 0) is 89.5 Å². The molecule has 0 aliphatic heterocycles. The van der Waals surface area contributed by atoms with Crippen molar-refractivity contribution in [2.75, 3.05) is 40.9 Å². The van der Waals surface area contributed by atoms with Crippen LogP contribution in [0.1, 0.15) is 226 Å². The van der Waals surface area contributed by atoms with Crippen molar-refractivity contribution in [1.29, 1.82) is 0 Å². The molecule has 0 bridgehead atoms. The van der Waals surface area contributed by atoms with E-state index in [1.54, 1.807) is 0 Å². The van der Waals surface area contributed by atoms with E-state index in [0.29, 0.717) is 17.4 Å². The summed E-state index contributed by atoms with van der Waals surface area (Å²) in [7, 11) is 1.46. The van der Waals surface area contributed by atoms with Gasteiger partial charge in [-0.3, -0.25) is 18.6 Å². The van der Waals surface area contributed by atoms with Crippen LogP contribution in [-0.4, -0.2) is 74.3 Å². The maximum Gasteiger partial charge on any atom is 0.472 e. The molecule has 0 aromatic carbocycles. The first kappa shape index (κ1) is 66.2. The monoisotopic (exact) mass is 986 g/mol. The van der Waals surface area contributed by atoms with Gasteiger partial charge in [0.25, 0.3) is 0 Å². The number of ether oxygens (including phenoxy) is 1. The van der Waals surface area contributed by atoms with Gasteiger partial charge in [-0.25, -0.2) is 4.57 Å². The number of amides is 1. The van der Waals surface area contributed by atoms with Crippen molar-refractivity contribution in [3.8, 4) is 0 Å². The molecule has 0 saturated heterocycles. The van der Waals surface area contributed by atoms with Gasteiger partial charge in [0.05, 0.1) is 33.8 Å². The van der Waals surface area contributed by atoms with Crippen molar-refractivity contribution >= 4 is 19.7 Å². The Morgan fingerprint density at radius 3 is 1.54 bits per heavy atom. The fourth-order valence-electron chi connectivity index (χ4n) is 7.53. The second-order valence-corrected chi connectivity index (χ2v) is 21.2. The van der Waals surface area contributed by atoms with Crippen molar-refractivity contribution in [1.82, 2.24) is 5.32 Å². The molecule has 0 aliphatic rings. The topological polar surface area (TPSA) is 111 Å². The summed E-state index contributed by atoms with van der Waals surface area (Å²) in [5.74, 6) is -0.550. The third-order valence-electron chi connectivity index (χ3n) is 11.9. The van der Waals surface area contributed by atoms with Crippen LogP contribution >= 0.6 is 7.82 Å². The van der Waals surface area contributed by atoms with Crippen LogP contribution in [0, 0.1) is 0 Å². The molecule has 3 unspecified atom stereocenters. The van der Waals surface area contributed by atoms with Crippen LogP contribution in [0.3, 0.4) is 0 Å². The number of hydrogen-bond donors (Lipinski definition) is 2. The van der Waals surface area contributed by atoms with E-state index >= 15 is 0 Å². The average Bonchev–Trinajstić information content (AvgIpc) is 3.31. The Bertz CT molecular complexity index is 1460. The molecular formula is C59H106N2O7P+. The predicted molar refractivity (Wildman–Crippen MR) is 295 cm³/mol. The first-order valence-electron chi connectivity index (χ1n) is 27.9. The van der Waals surface area contributed by atoms with Crippen molar-refractivity contribution in [3.63, 3.8) is 0 Å². The molecule has 1 amide bonds. The molecule has 0 fully saturated rings. The van der Waals surface area contributed by atoms with E-state index in [9.17, 15) is 19.0 Å². The molecule has 10 heteroatoms. The van der Waals surface area contributed by atoms with Crippen LogP contribution in [0.25, 0.3) is 0 Å². The van der Waals surface area contributed by atoms with Gasteiger partial charge in [-0.15, -0.1) is 0 Å². The highest BCUT2D eigenvalue weighted by molar-refractivity contribution is 7.47. The molecule has 0 aromatic heterocycles. The molecule has 0 radical (unpaired) electrons. The van der Waals surface area contributed by atoms with E-state index in [0.717, 1.165) is 109 Å². The number of nitrogens with one attached hydrogen (secondary N) is 1. The fourth-order valence-corrected chi connectivity index (χ4v) is 8.27. The van der Waals surface area contributed by atoms with Crippen LogP contribution in [0.5, 0.6) is 0 Å². The SMILES string of the molecule is CC/C=C/C=C/C=C\CCCCCCCC(=O)NC(COP(=O)(O)OCC[N+](C)(C)C)C(/C=C\CCCCCCCCCCC)OC(=O)CCCCCCCC/C=C\C/C=C\C/C=C\CCCCC. The summed E-state index contributed by atoms with van der Waals surface area (Å²) in [4.78, 5) is 37.5. The maximum absolute atomic E-state index is 13.4. The molecule has 9 nitrogen and oxygen atoms in total. The predicted octanol–water partition coefficient (Wildman–Crippen LogP) is 16.7. The normalized spacial score (nSPS) is 14.5. The van der Waals surface area contributed by atoms with E-state index in [2.05, 4.69) is 92.9 Å². The van der Waals surface area contributed by atoms with Crippen molar-refractivity contribution < 1.29 is 37.3 Å². The quantitative estimate of drug-likeness (QED) is 0.0156. The highest BCUT2D eigenvalue weighted by Gasteiger charge is 2.30. The van der Waals surface area contributed by atoms with Gasteiger partial charge in [-0.2, -0.15) is 0 Å². The number of carbonyl (C=O) groups excluding carboxylic acids is 2. The van der Waals surface area contributed by atoms with Crippen LogP contribution in [-0.2, 0) is 27.9 Å². The highest BCUT2D eigenvalue weighted by atomic mass is 31.2. The number of allylic oxidation sites excluding steroid dienone is 13. The number of quaternary nitrogens is 1. The van der Waals surface area contributed by atoms with Gasteiger partial charge in [0.1, 0.15) is 19.3 Å². The minimum Gasteiger partial charge on any atom is -0.456 e. The largest absolute Gasteiger partial charge is 0.472 e. The van der Waals surface area contributed by atoms with Gasteiger partial charge in [-0.1, -0.05) is 209 Å². The zero-order chi connectivity index (χ0) is 50.8. The molecule has 69 heavy (non-hydrogen) atoms. The summed E-state index contributed by atoms with van der Waals surface area (Å²) in [6.45, 7) is 6.80. The lowest BCUT2D eigenvalue weighted by atomic mass is 10.1. The zero-order valence-electron chi connectivity index (χ0n) is 45.3. The Morgan fingerprint density at radius 2 is 0.986 bits per heavy atom. The molecule has 0 saturated carbocycles. The molecule has 0 aromatic rings. The first-order valence-corrected chi connectivity index (χ1v) is 29.4. The van der Waals surface area contributed by atoms with E-state index in [-0.39, 0.29) is 31.5 Å². The third-order valence-corrected chi connectivity index (χ3v) is 12.9. The third kappa shape index (κ3) is 49.9. The maximum atomic E-state index is 13.4. The number of esters is 1. The van der Waals surface area contributed by atoms with Crippen molar-refractivity contribution in [3.05, 3.63) is 85.1 Å². The van der Waals surface area contributed by atoms with Crippen molar-refractivity contribution in [2.24, 2.45) is 0 Å². The number of likely N-dealkylation sites (N-methyl/N-ethyl adjacent to an activating group) is 1. The van der Waals surface area contributed by atoms with E-state index < -0.39 is 20.0 Å². The van der Waals surface area contributed by atoms with Gasteiger partial charge in [0, 0.05) is 12.8 Å². The van der Waals surface area contributed by atoms with E-state index in [1.807, 2.05) is 39.4 Å². The number of phosphoric ester groups is 1. The molecular weight excluding hydrogens is 880 g/mol. The zero-order valence-corrected chi connectivity index (χ0v) is 46.2. The Kier molecular flexibility index (Phi) is 46.8. The van der Waals surface area contributed by atoms with Gasteiger partial charge < -0.3 is 19.4 Å². The minimum absolute atomic E-state index is 0.0297. The number of rotatable bonds is 49. The summed E-state index contributed by atoms with van der Waals surface area (Å²) in [6, 6.07) is -0.867. The molecule has 0 rings (SSSR count). The number of unbranched alkanes of at least 4 members (excludes halogenated alkanes) is 23. The standard InChI is InChI=1S/C59H105N2O7P/c1-7-10-13-16-19-22-25-27-28-29-30-31-32-34-37-40-43-46-49-52-59(63)68-57(50-47-44-41-38-35-24-21-18-15-12-9-3)56(55-67-69(64,65)66-54-53-61(4,5)6)60-58(62)51-48-45-42-39-36-33-26-23-20-17-14-11-8-2/h11,14,17,19-20,22-23,26-28,30-31,47,50,56-57H,7-10,12-13,15-16,18,21,24-25,29,32-46,48-49,51-55H2,1-6H3,(H-,60,62,64,65)/p+1/b14-11+,20-17+,22-19-,26-23-,28-27-,31-30-,50-47-.